The predicted octanol–water partition coefficient (Wildman–Crippen LogP) is 7.39. The molecule has 3 aromatic carbocycles. The molecular weight excluding hydrogens is 567 g/mol. The number of thiazole rings is 1. The summed E-state index contributed by atoms with van der Waals surface area (Å²) in [6.45, 7) is 0. The van der Waals surface area contributed by atoms with E-state index >= 15 is 0 Å². The molecule has 31 heavy (non-hydrogen) atoms. The van der Waals surface area contributed by atoms with Crippen LogP contribution in [0.5, 0.6) is 5.75 Å². The zero-order valence-electron chi connectivity index (χ0n) is 15.7. The number of carbonyl (C=O) groups is 1. The fourth-order valence-electron chi connectivity index (χ4n) is 2.71. The Morgan fingerprint density at radius 3 is 2.71 bits per heavy atom. The van der Waals surface area contributed by atoms with Crippen molar-refractivity contribution < 1.29 is 14.3 Å². The van der Waals surface area contributed by atoms with E-state index < -0.39 is 0 Å². The van der Waals surface area contributed by atoms with E-state index in [4.69, 9.17) is 0 Å². The van der Waals surface area contributed by atoms with Gasteiger partial charge in [-0.1, -0.05) is 27.7 Å². The summed E-state index contributed by atoms with van der Waals surface area (Å²) >= 11 is 9.55. The molecule has 4 aromatic rings. The lowest BCUT2D eigenvalue weighted by Gasteiger charge is -2.02. The Morgan fingerprint density at radius 2 is 1.94 bits per heavy atom. The average molecular weight is 580 g/mol. The van der Waals surface area contributed by atoms with Crippen LogP contribution in [0.1, 0.15) is 15.9 Å². The van der Waals surface area contributed by atoms with E-state index in [0.29, 0.717) is 15.6 Å². The first-order chi connectivity index (χ1) is 14.9. The van der Waals surface area contributed by atoms with Crippen molar-refractivity contribution in [3.05, 3.63) is 80.5 Å². The SMILES string of the molecule is O=C(CSc1nc2ccc(N=Cc3cc(Br)cc(Br)c3O)cc2s1)c1ccc(F)cc1. The monoisotopic (exact) mass is 578 g/mol. The number of phenolic OH excluding ortho intramolecular Hbond substituents is 1. The molecule has 0 saturated heterocycles. The van der Waals surface area contributed by atoms with Gasteiger partial charge < -0.3 is 5.11 Å². The van der Waals surface area contributed by atoms with E-state index in [0.717, 1.165) is 24.7 Å². The van der Waals surface area contributed by atoms with Gasteiger partial charge in [-0.25, -0.2) is 9.37 Å². The second-order valence-corrected chi connectivity index (χ2v) is 10.5. The minimum atomic E-state index is -0.364. The van der Waals surface area contributed by atoms with Crippen LogP contribution in [0, 0.1) is 5.82 Å². The fourth-order valence-corrected chi connectivity index (χ4v) is 5.96. The lowest BCUT2D eigenvalue weighted by molar-refractivity contribution is 0.102. The minimum Gasteiger partial charge on any atom is -0.506 e. The highest BCUT2D eigenvalue weighted by molar-refractivity contribution is 9.11. The Labute approximate surface area is 202 Å². The number of aromatic nitrogens is 1. The van der Waals surface area contributed by atoms with E-state index in [2.05, 4.69) is 41.8 Å². The fraction of sp³-hybridized carbons (Fsp3) is 0.0455. The van der Waals surface area contributed by atoms with Crippen LogP contribution < -0.4 is 0 Å². The number of carbonyl (C=O) groups excluding carboxylic acids is 1. The zero-order chi connectivity index (χ0) is 22.0. The molecule has 0 aliphatic carbocycles. The van der Waals surface area contributed by atoms with Crippen LogP contribution in [0.25, 0.3) is 10.2 Å². The van der Waals surface area contributed by atoms with E-state index in [1.165, 1.54) is 47.4 Å². The summed E-state index contributed by atoms with van der Waals surface area (Å²) in [5.74, 6) is -0.0884. The Kier molecular flexibility index (Phi) is 6.86. The van der Waals surface area contributed by atoms with Gasteiger partial charge in [-0.05, 0) is 70.5 Å². The van der Waals surface area contributed by atoms with Gasteiger partial charge in [0.05, 0.1) is 26.1 Å². The van der Waals surface area contributed by atoms with Gasteiger partial charge in [0.15, 0.2) is 10.1 Å². The van der Waals surface area contributed by atoms with Crippen molar-refractivity contribution in [1.82, 2.24) is 4.98 Å². The summed E-state index contributed by atoms with van der Waals surface area (Å²) < 4.78 is 16.1. The summed E-state index contributed by atoms with van der Waals surface area (Å²) in [4.78, 5) is 21.3. The largest absolute Gasteiger partial charge is 0.506 e. The molecule has 0 radical (unpaired) electrons. The first-order valence-corrected chi connectivity index (χ1v) is 12.3. The predicted molar refractivity (Wildman–Crippen MR) is 132 cm³/mol. The molecule has 0 fully saturated rings. The molecule has 0 amide bonds. The smallest absolute Gasteiger partial charge is 0.173 e. The zero-order valence-corrected chi connectivity index (χ0v) is 20.5. The van der Waals surface area contributed by atoms with Crippen molar-refractivity contribution in [2.45, 2.75) is 4.34 Å². The summed E-state index contributed by atoms with van der Waals surface area (Å²) in [7, 11) is 0. The minimum absolute atomic E-state index is 0.0745. The van der Waals surface area contributed by atoms with E-state index in [-0.39, 0.29) is 23.1 Å². The topological polar surface area (TPSA) is 62.5 Å². The van der Waals surface area contributed by atoms with E-state index in [1.54, 1.807) is 18.3 Å². The molecule has 1 heterocycles. The highest BCUT2D eigenvalue weighted by Gasteiger charge is 2.11. The molecule has 4 nitrogen and oxygen atoms in total. The van der Waals surface area contributed by atoms with Gasteiger partial charge >= 0.3 is 0 Å². The van der Waals surface area contributed by atoms with Gasteiger partial charge in [0.25, 0.3) is 0 Å². The number of ketones is 1. The maximum Gasteiger partial charge on any atom is 0.173 e. The number of hydrogen-bond acceptors (Lipinski definition) is 6. The van der Waals surface area contributed by atoms with Crippen molar-refractivity contribution in [3.63, 3.8) is 0 Å². The highest BCUT2D eigenvalue weighted by Crippen LogP contribution is 2.33. The third-order valence-electron chi connectivity index (χ3n) is 4.26. The maximum absolute atomic E-state index is 13.0. The maximum atomic E-state index is 13.0. The molecule has 0 unspecified atom stereocenters. The lowest BCUT2D eigenvalue weighted by Crippen LogP contribution is -2.01. The molecule has 0 atom stereocenters. The average Bonchev–Trinajstić information content (AvgIpc) is 3.16. The molecule has 0 aliphatic heterocycles. The number of thioether (sulfide) groups is 1. The number of aliphatic imine (C=N–C) groups is 1. The molecule has 4 rings (SSSR count). The van der Waals surface area contributed by atoms with Crippen LogP contribution in [-0.4, -0.2) is 27.8 Å². The number of fused-ring (bicyclic) bond motifs is 1. The summed E-state index contributed by atoms with van der Waals surface area (Å²) in [5, 5.41) is 10.2. The van der Waals surface area contributed by atoms with E-state index in [1.807, 2.05) is 18.2 Å². The first kappa shape index (κ1) is 22.1. The molecule has 0 bridgehead atoms. The Morgan fingerprint density at radius 1 is 1.16 bits per heavy atom. The van der Waals surface area contributed by atoms with Gasteiger partial charge in [0.2, 0.25) is 0 Å². The van der Waals surface area contributed by atoms with Crippen LogP contribution in [0.3, 0.4) is 0 Å². The van der Waals surface area contributed by atoms with Gasteiger partial charge in [0, 0.05) is 21.8 Å². The second kappa shape index (κ2) is 9.60. The van der Waals surface area contributed by atoms with Crippen LogP contribution in [0.4, 0.5) is 10.1 Å². The van der Waals surface area contributed by atoms with Crippen LogP contribution in [0.2, 0.25) is 0 Å². The Hall–Kier alpha value is -2.07. The highest BCUT2D eigenvalue weighted by atomic mass is 79.9. The number of halogens is 3. The standard InChI is InChI=1S/C22H13Br2FN2O2S2/c23-14-7-13(21(29)17(24)8-14)10-26-16-5-6-18-20(9-16)31-22(27-18)30-11-19(28)12-1-3-15(25)4-2-12/h1-10,29H,11H2. The summed E-state index contributed by atoms with van der Waals surface area (Å²) in [6.07, 6.45) is 1.60. The molecule has 0 spiro atoms. The quantitative estimate of drug-likeness (QED) is 0.147. The van der Waals surface area contributed by atoms with Gasteiger partial charge in [-0.3, -0.25) is 9.79 Å². The molecule has 156 valence electrons. The normalized spacial score (nSPS) is 11.5. The number of phenols is 1. The number of hydrogen-bond donors (Lipinski definition) is 1. The van der Waals surface area contributed by atoms with Crippen LogP contribution in [0.15, 0.2) is 72.9 Å². The summed E-state index contributed by atoms with van der Waals surface area (Å²) in [5.41, 5.74) is 2.62. The van der Waals surface area contributed by atoms with Crippen molar-refractivity contribution in [2.24, 2.45) is 4.99 Å². The Bertz CT molecular complexity index is 1310. The van der Waals surface area contributed by atoms with Crippen molar-refractivity contribution in [2.75, 3.05) is 5.75 Å². The molecule has 1 aromatic heterocycles. The van der Waals surface area contributed by atoms with Gasteiger partial charge in [-0.15, -0.1) is 11.3 Å². The Balaban J connectivity index is 1.48. The van der Waals surface area contributed by atoms with Crippen LogP contribution in [-0.2, 0) is 0 Å². The van der Waals surface area contributed by atoms with Crippen molar-refractivity contribution in [1.29, 1.82) is 0 Å². The van der Waals surface area contributed by atoms with Crippen LogP contribution >= 0.6 is 55.0 Å². The van der Waals surface area contributed by atoms with Crippen molar-refractivity contribution >= 4 is 82.9 Å². The lowest BCUT2D eigenvalue weighted by atomic mass is 10.1. The number of nitrogens with zero attached hydrogens (tertiary/aromatic N) is 2. The van der Waals surface area contributed by atoms with Gasteiger partial charge in [-0.2, -0.15) is 0 Å². The third-order valence-corrected chi connectivity index (χ3v) is 7.48. The number of aromatic hydroxyl groups is 1. The number of Topliss-reactive ketones (excluding diaryl/α,β-unsaturated/α-hetero) is 1. The summed E-state index contributed by atoms with van der Waals surface area (Å²) in [6, 6.07) is 14.7. The van der Waals surface area contributed by atoms with Gasteiger partial charge in [0.1, 0.15) is 11.6 Å². The second-order valence-electron chi connectivity index (χ2n) is 6.43. The first-order valence-electron chi connectivity index (χ1n) is 8.93. The molecule has 0 aliphatic rings. The molecular formula is C22H13Br2FN2O2S2. The third kappa shape index (κ3) is 5.41. The number of rotatable bonds is 6. The number of benzene rings is 3. The molecule has 9 heteroatoms. The van der Waals surface area contributed by atoms with Crippen molar-refractivity contribution in [3.8, 4) is 5.75 Å². The molecule has 0 saturated carbocycles. The van der Waals surface area contributed by atoms with E-state index in [9.17, 15) is 14.3 Å². The molecule has 1 N–H and O–H groups in total.